The Morgan fingerprint density at radius 2 is 1.27 bits per heavy atom. The second-order valence-corrected chi connectivity index (χ2v) is 6.81. The number of aryl methyl sites for hydroxylation is 8. The number of imidazole rings is 2. The van der Waals surface area contributed by atoms with E-state index in [1.165, 1.54) is 22.2 Å². The quantitative estimate of drug-likeness (QED) is 0.482. The van der Waals surface area contributed by atoms with Crippen LogP contribution >= 0.6 is 0 Å². The summed E-state index contributed by atoms with van der Waals surface area (Å²) in [6.07, 6.45) is 3.74. The van der Waals surface area contributed by atoms with Gasteiger partial charge in [-0.05, 0) is 66.5 Å². The lowest BCUT2D eigenvalue weighted by atomic mass is 10.2. The van der Waals surface area contributed by atoms with Crippen molar-refractivity contribution in [2.75, 3.05) is 0 Å². The van der Waals surface area contributed by atoms with Gasteiger partial charge in [-0.2, -0.15) is 0 Å². The van der Waals surface area contributed by atoms with Crippen LogP contribution in [0.3, 0.4) is 0 Å². The number of rotatable bonds is 0. The average Bonchev–Trinajstić information content (AvgIpc) is 3.15. The molecule has 0 bridgehead atoms. The van der Waals surface area contributed by atoms with E-state index in [9.17, 15) is 0 Å². The van der Waals surface area contributed by atoms with Gasteiger partial charge in [-0.1, -0.05) is 0 Å². The molecular formula is C20H26N6. The molecule has 0 aliphatic heterocycles. The molecule has 0 aromatic carbocycles. The molecule has 6 nitrogen and oxygen atoms in total. The molecule has 0 amide bonds. The maximum Gasteiger partial charge on any atom is 0.111 e. The van der Waals surface area contributed by atoms with E-state index >= 15 is 0 Å². The molecule has 6 heteroatoms. The Labute approximate surface area is 154 Å². The number of aromatic nitrogens is 6. The van der Waals surface area contributed by atoms with Crippen LogP contribution in [0, 0.1) is 55.4 Å². The average molecular weight is 350 g/mol. The first-order valence-corrected chi connectivity index (χ1v) is 8.77. The first kappa shape index (κ1) is 18.0. The van der Waals surface area contributed by atoms with E-state index < -0.39 is 0 Å². The highest BCUT2D eigenvalue weighted by Crippen LogP contribution is 2.17. The fourth-order valence-corrected chi connectivity index (χ4v) is 3.37. The van der Waals surface area contributed by atoms with Crippen molar-refractivity contribution in [2.45, 2.75) is 55.4 Å². The molecule has 4 aromatic rings. The van der Waals surface area contributed by atoms with E-state index in [1.807, 2.05) is 58.5 Å². The molecule has 0 N–H and O–H groups in total. The monoisotopic (exact) mass is 350 g/mol. The molecule has 0 atom stereocenters. The molecule has 4 aromatic heterocycles. The van der Waals surface area contributed by atoms with Crippen LogP contribution in [0.25, 0.3) is 11.0 Å². The Kier molecular flexibility index (Phi) is 4.52. The minimum Gasteiger partial charge on any atom is -0.287 e. The van der Waals surface area contributed by atoms with Crippen LogP contribution < -0.4 is 0 Å². The van der Waals surface area contributed by atoms with Gasteiger partial charge >= 0.3 is 0 Å². The molecule has 136 valence electrons. The van der Waals surface area contributed by atoms with Gasteiger partial charge in [0.25, 0.3) is 0 Å². The van der Waals surface area contributed by atoms with Crippen molar-refractivity contribution in [1.29, 1.82) is 0 Å². The van der Waals surface area contributed by atoms with E-state index in [0.29, 0.717) is 0 Å². The topological polar surface area (TPSA) is 60.4 Å². The zero-order valence-corrected chi connectivity index (χ0v) is 16.8. The van der Waals surface area contributed by atoms with Gasteiger partial charge in [-0.15, -0.1) is 0 Å². The number of hydrogen-bond acceptors (Lipinski definition) is 4. The van der Waals surface area contributed by atoms with Crippen LogP contribution in [0.15, 0.2) is 12.5 Å². The van der Waals surface area contributed by atoms with Gasteiger partial charge in [0.2, 0.25) is 0 Å². The van der Waals surface area contributed by atoms with Gasteiger partial charge in [0.15, 0.2) is 0 Å². The van der Waals surface area contributed by atoms with Crippen molar-refractivity contribution < 1.29 is 0 Å². The van der Waals surface area contributed by atoms with Gasteiger partial charge < -0.3 is 0 Å². The number of hydrogen-bond donors (Lipinski definition) is 0. The van der Waals surface area contributed by atoms with Crippen molar-refractivity contribution >= 4 is 11.0 Å². The summed E-state index contributed by atoms with van der Waals surface area (Å²) in [5, 5.41) is 0. The first-order chi connectivity index (χ1) is 12.2. The van der Waals surface area contributed by atoms with E-state index in [2.05, 4.69) is 38.2 Å². The zero-order chi connectivity index (χ0) is 19.2. The Hall–Kier alpha value is -2.76. The lowest BCUT2D eigenvalue weighted by Crippen LogP contribution is -2.01. The highest BCUT2D eigenvalue weighted by atomic mass is 15.1. The Balaban J connectivity index is 0.000000151. The van der Waals surface area contributed by atoms with Crippen molar-refractivity contribution in [3.05, 3.63) is 58.2 Å². The molecule has 4 heterocycles. The van der Waals surface area contributed by atoms with Gasteiger partial charge in [-0.3, -0.25) is 8.80 Å². The summed E-state index contributed by atoms with van der Waals surface area (Å²) in [4.78, 5) is 17.5. The van der Waals surface area contributed by atoms with Crippen LogP contribution in [0.2, 0.25) is 0 Å². The van der Waals surface area contributed by atoms with Gasteiger partial charge in [-0.25, -0.2) is 19.9 Å². The van der Waals surface area contributed by atoms with E-state index in [4.69, 9.17) is 0 Å². The number of fused-ring (bicyclic) bond motifs is 2. The molecule has 0 unspecified atom stereocenters. The SMILES string of the molecule is Cc1nc(C)n2c(C)ncc2c1C.Cc1nc(C)n2cnc(C)c2c1C. The smallest absolute Gasteiger partial charge is 0.111 e. The highest BCUT2D eigenvalue weighted by Gasteiger charge is 2.08. The van der Waals surface area contributed by atoms with Crippen LogP contribution in [0.4, 0.5) is 0 Å². The zero-order valence-electron chi connectivity index (χ0n) is 16.8. The summed E-state index contributed by atoms with van der Waals surface area (Å²) >= 11 is 0. The Bertz CT molecular complexity index is 1120. The summed E-state index contributed by atoms with van der Waals surface area (Å²) in [6.45, 7) is 16.3. The second-order valence-electron chi connectivity index (χ2n) is 6.81. The van der Waals surface area contributed by atoms with E-state index in [1.54, 1.807) is 0 Å². The van der Waals surface area contributed by atoms with Crippen molar-refractivity contribution in [3.63, 3.8) is 0 Å². The Morgan fingerprint density at radius 1 is 0.654 bits per heavy atom. The maximum absolute atomic E-state index is 4.46. The normalized spacial score (nSPS) is 11.1. The molecule has 0 aliphatic carbocycles. The van der Waals surface area contributed by atoms with Crippen LogP contribution in [-0.4, -0.2) is 28.7 Å². The standard InChI is InChI=1S/2C10H13N3/c1-6-7(2)12-9(4)13-5-11-8(3)10(6)13;1-6-7(2)12-9(4)13-8(3)11-5-10(6)13/h2*5H,1-4H3. The molecule has 0 saturated carbocycles. The highest BCUT2D eigenvalue weighted by molar-refractivity contribution is 5.59. The lowest BCUT2D eigenvalue weighted by molar-refractivity contribution is 0.906. The summed E-state index contributed by atoms with van der Waals surface area (Å²) in [7, 11) is 0. The van der Waals surface area contributed by atoms with Crippen LogP contribution in [-0.2, 0) is 0 Å². The third kappa shape index (κ3) is 2.85. The van der Waals surface area contributed by atoms with Gasteiger partial charge in [0.05, 0.1) is 22.9 Å². The molecule has 0 fully saturated rings. The largest absolute Gasteiger partial charge is 0.287 e. The Morgan fingerprint density at radius 3 is 1.96 bits per heavy atom. The summed E-state index contributed by atoms with van der Waals surface area (Å²) < 4.78 is 4.12. The molecule has 0 aliphatic rings. The minimum atomic E-state index is 0.999. The summed E-state index contributed by atoms with van der Waals surface area (Å²) in [6, 6.07) is 0. The van der Waals surface area contributed by atoms with Crippen molar-refractivity contribution in [2.24, 2.45) is 0 Å². The van der Waals surface area contributed by atoms with Crippen LogP contribution in [0.1, 0.15) is 45.7 Å². The van der Waals surface area contributed by atoms with E-state index in [0.717, 1.165) is 34.6 Å². The summed E-state index contributed by atoms with van der Waals surface area (Å²) in [5.74, 6) is 3.01. The molecule has 0 spiro atoms. The molecule has 4 rings (SSSR count). The number of nitrogens with zero attached hydrogens (tertiary/aromatic N) is 6. The molecule has 26 heavy (non-hydrogen) atoms. The minimum absolute atomic E-state index is 0.999. The van der Waals surface area contributed by atoms with Crippen LogP contribution in [0.5, 0.6) is 0 Å². The lowest BCUT2D eigenvalue weighted by Gasteiger charge is -2.06. The van der Waals surface area contributed by atoms with Gasteiger partial charge in [0.1, 0.15) is 23.8 Å². The fraction of sp³-hybridized carbons (Fsp3) is 0.400. The van der Waals surface area contributed by atoms with E-state index in [-0.39, 0.29) is 0 Å². The molecule has 0 radical (unpaired) electrons. The maximum atomic E-state index is 4.46. The predicted molar refractivity (Wildman–Crippen MR) is 104 cm³/mol. The summed E-state index contributed by atoms with van der Waals surface area (Å²) in [5.41, 5.74) is 8.06. The fourth-order valence-electron chi connectivity index (χ4n) is 3.37. The molecular weight excluding hydrogens is 324 g/mol. The molecule has 0 saturated heterocycles. The third-order valence-corrected chi connectivity index (χ3v) is 5.04. The predicted octanol–water partition coefficient (Wildman–Crippen LogP) is 3.93. The van der Waals surface area contributed by atoms with Crippen molar-refractivity contribution in [1.82, 2.24) is 28.7 Å². The first-order valence-electron chi connectivity index (χ1n) is 8.77. The second kappa shape index (κ2) is 6.52. The van der Waals surface area contributed by atoms with Gasteiger partial charge in [0, 0.05) is 11.4 Å². The van der Waals surface area contributed by atoms with Crippen molar-refractivity contribution in [3.8, 4) is 0 Å². The third-order valence-electron chi connectivity index (χ3n) is 5.04.